The Morgan fingerprint density at radius 2 is 1.84 bits per heavy atom. The number of carbonyl (C=O) groups is 1. The average molecular weight is 368 g/mol. The molecule has 2 heterocycles. The van der Waals surface area contributed by atoms with E-state index < -0.39 is 15.8 Å². The Hall–Kier alpha value is -1.48. The molecular formula is C17H24N2O5S. The summed E-state index contributed by atoms with van der Waals surface area (Å²) in [6.07, 6.45) is 1.03. The Bertz CT molecular complexity index is 731. The van der Waals surface area contributed by atoms with Gasteiger partial charge in [0.05, 0.1) is 18.1 Å². The van der Waals surface area contributed by atoms with Gasteiger partial charge in [-0.15, -0.1) is 0 Å². The van der Waals surface area contributed by atoms with Crippen molar-refractivity contribution in [2.24, 2.45) is 0 Å². The van der Waals surface area contributed by atoms with Gasteiger partial charge in [0.15, 0.2) is 5.79 Å². The first-order valence-electron chi connectivity index (χ1n) is 8.51. The zero-order valence-electron chi connectivity index (χ0n) is 14.5. The van der Waals surface area contributed by atoms with E-state index in [1.165, 1.54) is 16.4 Å². The fourth-order valence-electron chi connectivity index (χ4n) is 3.15. The number of benzene rings is 1. The predicted octanol–water partition coefficient (Wildman–Crippen LogP) is 1.35. The van der Waals surface area contributed by atoms with Crippen LogP contribution in [0.1, 0.15) is 37.0 Å². The van der Waals surface area contributed by atoms with Gasteiger partial charge in [-0.2, -0.15) is 4.31 Å². The van der Waals surface area contributed by atoms with E-state index in [-0.39, 0.29) is 16.8 Å². The molecule has 1 N–H and O–H groups in total. The quantitative estimate of drug-likeness (QED) is 0.867. The highest BCUT2D eigenvalue weighted by atomic mass is 32.2. The molecule has 3 rings (SSSR count). The number of piperidine rings is 1. The Kier molecular flexibility index (Phi) is 5.15. The van der Waals surface area contributed by atoms with E-state index in [0.29, 0.717) is 44.7 Å². The molecule has 25 heavy (non-hydrogen) atoms. The van der Waals surface area contributed by atoms with Crippen LogP contribution in [0.4, 0.5) is 0 Å². The minimum absolute atomic E-state index is 0.0162. The number of sulfonamides is 1. The molecule has 0 aliphatic carbocycles. The van der Waals surface area contributed by atoms with E-state index in [1.54, 1.807) is 12.1 Å². The van der Waals surface area contributed by atoms with Crippen molar-refractivity contribution in [3.8, 4) is 0 Å². The molecule has 8 heteroatoms. The first-order chi connectivity index (χ1) is 11.8. The van der Waals surface area contributed by atoms with Crippen LogP contribution in [0.3, 0.4) is 0 Å². The van der Waals surface area contributed by atoms with E-state index in [2.05, 4.69) is 5.32 Å². The number of rotatable bonds is 4. The van der Waals surface area contributed by atoms with Gasteiger partial charge in [0.1, 0.15) is 0 Å². The third-order valence-corrected chi connectivity index (χ3v) is 6.35. The van der Waals surface area contributed by atoms with Crippen molar-refractivity contribution in [3.05, 3.63) is 29.8 Å². The zero-order valence-corrected chi connectivity index (χ0v) is 15.3. The van der Waals surface area contributed by atoms with E-state index >= 15 is 0 Å². The van der Waals surface area contributed by atoms with E-state index in [1.807, 2.05) is 13.8 Å². The van der Waals surface area contributed by atoms with Crippen LogP contribution in [0, 0.1) is 0 Å². The molecule has 2 saturated heterocycles. The highest BCUT2D eigenvalue weighted by Gasteiger charge is 2.42. The zero-order chi connectivity index (χ0) is 18.1. The number of hydrogen-bond acceptors (Lipinski definition) is 5. The van der Waals surface area contributed by atoms with Gasteiger partial charge >= 0.3 is 0 Å². The van der Waals surface area contributed by atoms with Crippen LogP contribution in [0.5, 0.6) is 0 Å². The van der Waals surface area contributed by atoms with Gasteiger partial charge < -0.3 is 14.8 Å². The summed E-state index contributed by atoms with van der Waals surface area (Å²) in [5.74, 6) is -0.900. The molecule has 0 aromatic heterocycles. The lowest BCUT2D eigenvalue weighted by Gasteiger charge is -2.36. The third kappa shape index (κ3) is 3.87. The molecule has 0 atom stereocenters. The van der Waals surface area contributed by atoms with Gasteiger partial charge in [-0.05, 0) is 32.0 Å². The number of carbonyl (C=O) groups excluding carboxylic acids is 1. The van der Waals surface area contributed by atoms with Gasteiger partial charge in [0, 0.05) is 37.5 Å². The smallest absolute Gasteiger partial charge is 0.251 e. The van der Waals surface area contributed by atoms with Gasteiger partial charge in [0.2, 0.25) is 10.0 Å². The summed E-state index contributed by atoms with van der Waals surface area (Å²) in [7, 11) is -3.65. The number of amides is 1. The first kappa shape index (κ1) is 18.3. The standard InChI is InChI=1S/C17H24N2O5S/c1-13(2)18-16(20)14-4-3-5-15(12-14)25(21,22)19-8-6-17(7-9-19)23-10-11-24-17/h3-5,12-13H,6-11H2,1-2H3,(H,18,20). The van der Waals surface area contributed by atoms with Gasteiger partial charge in [-0.1, -0.05) is 6.07 Å². The van der Waals surface area contributed by atoms with Gasteiger partial charge in [-0.25, -0.2) is 8.42 Å². The summed E-state index contributed by atoms with van der Waals surface area (Å²) in [6.45, 7) is 5.50. The molecule has 0 bridgehead atoms. The number of ether oxygens (including phenoxy) is 2. The summed E-state index contributed by atoms with van der Waals surface area (Å²) in [5, 5.41) is 2.77. The monoisotopic (exact) mass is 368 g/mol. The Morgan fingerprint density at radius 1 is 1.20 bits per heavy atom. The highest BCUT2D eigenvalue weighted by Crippen LogP contribution is 2.33. The highest BCUT2D eigenvalue weighted by molar-refractivity contribution is 7.89. The molecule has 2 fully saturated rings. The third-order valence-electron chi connectivity index (χ3n) is 4.45. The summed E-state index contributed by atoms with van der Waals surface area (Å²) < 4.78 is 38.5. The lowest BCUT2D eigenvalue weighted by Crippen LogP contribution is -2.47. The molecule has 1 aromatic rings. The fourth-order valence-corrected chi connectivity index (χ4v) is 4.63. The molecule has 1 aromatic carbocycles. The van der Waals surface area contributed by atoms with Crippen LogP contribution in [-0.4, -0.2) is 56.8 Å². The van der Waals surface area contributed by atoms with Crippen molar-refractivity contribution in [2.75, 3.05) is 26.3 Å². The first-order valence-corrected chi connectivity index (χ1v) is 9.95. The Labute approximate surface area is 148 Å². The number of hydrogen-bond donors (Lipinski definition) is 1. The summed E-state index contributed by atoms with van der Waals surface area (Å²) >= 11 is 0. The maximum absolute atomic E-state index is 12.9. The normalized spacial score (nSPS) is 20.9. The van der Waals surface area contributed by atoms with Crippen molar-refractivity contribution in [1.82, 2.24) is 9.62 Å². The van der Waals surface area contributed by atoms with Crippen LogP contribution in [0.15, 0.2) is 29.2 Å². The van der Waals surface area contributed by atoms with Crippen molar-refractivity contribution in [1.29, 1.82) is 0 Å². The second kappa shape index (κ2) is 7.03. The molecule has 1 amide bonds. The lowest BCUT2D eigenvalue weighted by atomic mass is 10.1. The molecular weight excluding hydrogens is 344 g/mol. The van der Waals surface area contributed by atoms with Gasteiger partial charge in [0.25, 0.3) is 5.91 Å². The molecule has 0 unspecified atom stereocenters. The van der Waals surface area contributed by atoms with Crippen LogP contribution in [0.2, 0.25) is 0 Å². The molecule has 7 nitrogen and oxygen atoms in total. The Morgan fingerprint density at radius 3 is 2.44 bits per heavy atom. The van der Waals surface area contributed by atoms with E-state index in [0.717, 1.165) is 0 Å². The topological polar surface area (TPSA) is 84.9 Å². The molecule has 1 spiro atoms. The van der Waals surface area contributed by atoms with Crippen molar-refractivity contribution < 1.29 is 22.7 Å². The summed E-state index contributed by atoms with van der Waals surface area (Å²) in [6, 6.07) is 6.14. The fraction of sp³-hybridized carbons (Fsp3) is 0.588. The predicted molar refractivity (Wildman–Crippen MR) is 91.7 cm³/mol. The van der Waals surface area contributed by atoms with Gasteiger partial charge in [-0.3, -0.25) is 4.79 Å². The van der Waals surface area contributed by atoms with Crippen LogP contribution < -0.4 is 5.32 Å². The van der Waals surface area contributed by atoms with E-state index in [4.69, 9.17) is 9.47 Å². The second-order valence-electron chi connectivity index (χ2n) is 6.67. The molecule has 0 radical (unpaired) electrons. The van der Waals surface area contributed by atoms with Crippen LogP contribution in [0.25, 0.3) is 0 Å². The molecule has 2 aliphatic heterocycles. The maximum atomic E-state index is 12.9. The van der Waals surface area contributed by atoms with E-state index in [9.17, 15) is 13.2 Å². The lowest BCUT2D eigenvalue weighted by molar-refractivity contribution is -0.179. The Balaban J connectivity index is 1.75. The second-order valence-corrected chi connectivity index (χ2v) is 8.61. The van der Waals surface area contributed by atoms with Crippen molar-refractivity contribution in [2.45, 2.75) is 43.4 Å². The number of nitrogens with zero attached hydrogens (tertiary/aromatic N) is 1. The summed E-state index contributed by atoms with van der Waals surface area (Å²) in [5.41, 5.74) is 0.339. The summed E-state index contributed by atoms with van der Waals surface area (Å²) in [4.78, 5) is 12.3. The largest absolute Gasteiger partial charge is 0.350 e. The molecule has 138 valence electrons. The van der Waals surface area contributed by atoms with Crippen molar-refractivity contribution in [3.63, 3.8) is 0 Å². The molecule has 0 saturated carbocycles. The maximum Gasteiger partial charge on any atom is 0.251 e. The average Bonchev–Trinajstić information content (AvgIpc) is 3.03. The SMILES string of the molecule is CC(C)NC(=O)c1cccc(S(=O)(=O)N2CCC3(CC2)OCCO3)c1. The molecule has 2 aliphatic rings. The minimum atomic E-state index is -3.65. The number of nitrogens with one attached hydrogen (secondary N) is 1. The van der Waals surface area contributed by atoms with Crippen molar-refractivity contribution >= 4 is 15.9 Å². The van der Waals surface area contributed by atoms with Crippen LogP contribution in [-0.2, 0) is 19.5 Å². The van der Waals surface area contributed by atoms with Crippen LogP contribution >= 0.6 is 0 Å². The minimum Gasteiger partial charge on any atom is -0.350 e.